The lowest BCUT2D eigenvalue weighted by molar-refractivity contribution is -0.140. The predicted molar refractivity (Wildman–Crippen MR) is 70.4 cm³/mol. The first-order chi connectivity index (χ1) is 9.18. The summed E-state index contributed by atoms with van der Waals surface area (Å²) >= 11 is 0.928. The maximum absolute atomic E-state index is 12.5. The maximum Gasteiger partial charge on any atom is 0.434 e. The van der Waals surface area contributed by atoms with Crippen molar-refractivity contribution in [3.8, 4) is 0 Å². The summed E-state index contributed by atoms with van der Waals surface area (Å²) in [6.07, 6.45) is -2.75. The fourth-order valence-corrected chi connectivity index (χ4v) is 3.72. The molecule has 0 spiro atoms. The lowest BCUT2D eigenvalue weighted by Crippen LogP contribution is -2.34. The zero-order valence-electron chi connectivity index (χ0n) is 10.7. The number of hydrogen-bond acceptors (Lipinski definition) is 5. The van der Waals surface area contributed by atoms with Gasteiger partial charge >= 0.3 is 6.18 Å². The van der Waals surface area contributed by atoms with Gasteiger partial charge in [-0.3, -0.25) is 0 Å². The first kappa shape index (κ1) is 15.5. The number of anilines is 1. The van der Waals surface area contributed by atoms with Crippen LogP contribution >= 0.6 is 11.3 Å². The Morgan fingerprint density at radius 3 is 2.50 bits per heavy atom. The minimum Gasteiger partial charge on any atom is -0.347 e. The van der Waals surface area contributed by atoms with Gasteiger partial charge in [0.1, 0.15) is 0 Å². The van der Waals surface area contributed by atoms with Crippen LogP contribution in [0.2, 0.25) is 0 Å². The Morgan fingerprint density at radius 1 is 1.25 bits per heavy atom. The van der Waals surface area contributed by atoms with Crippen molar-refractivity contribution < 1.29 is 21.6 Å². The van der Waals surface area contributed by atoms with Crippen molar-refractivity contribution in [1.82, 2.24) is 9.29 Å². The molecule has 0 aromatic carbocycles. The monoisotopic (exact) mass is 329 g/mol. The van der Waals surface area contributed by atoms with Crippen LogP contribution in [0.3, 0.4) is 0 Å². The summed E-state index contributed by atoms with van der Waals surface area (Å²) in [6, 6.07) is 0. The lowest BCUT2D eigenvalue weighted by Gasteiger charge is -2.20. The Morgan fingerprint density at radius 2 is 1.95 bits per heavy atom. The molecule has 0 N–H and O–H groups in total. The number of nitrogens with zero attached hydrogens (tertiary/aromatic N) is 3. The van der Waals surface area contributed by atoms with Gasteiger partial charge in [-0.2, -0.15) is 13.2 Å². The van der Waals surface area contributed by atoms with Crippen molar-refractivity contribution in [2.24, 2.45) is 0 Å². The Balaban J connectivity index is 2.09. The van der Waals surface area contributed by atoms with Gasteiger partial charge in [-0.25, -0.2) is 17.7 Å². The molecule has 1 saturated heterocycles. The van der Waals surface area contributed by atoms with Gasteiger partial charge in [0, 0.05) is 31.6 Å². The highest BCUT2D eigenvalue weighted by molar-refractivity contribution is 7.88. The molecule has 114 valence electrons. The van der Waals surface area contributed by atoms with Gasteiger partial charge in [0.2, 0.25) is 10.0 Å². The van der Waals surface area contributed by atoms with E-state index in [0.29, 0.717) is 26.1 Å². The quantitative estimate of drug-likeness (QED) is 0.828. The molecule has 0 aliphatic carbocycles. The van der Waals surface area contributed by atoms with Gasteiger partial charge in [-0.05, 0) is 6.42 Å². The second-order valence-electron chi connectivity index (χ2n) is 4.52. The van der Waals surface area contributed by atoms with E-state index in [9.17, 15) is 21.6 Å². The Hall–Kier alpha value is -0.870. The summed E-state index contributed by atoms with van der Waals surface area (Å²) in [5, 5.41) is 1.27. The SMILES string of the molecule is CS(=O)(=O)N1CCCN(c2nc(C(F)(F)F)cs2)CC1. The zero-order valence-corrected chi connectivity index (χ0v) is 12.4. The molecular weight excluding hydrogens is 315 g/mol. The molecule has 2 heterocycles. The van der Waals surface area contributed by atoms with E-state index in [2.05, 4.69) is 4.98 Å². The first-order valence-electron chi connectivity index (χ1n) is 5.91. The number of thiazole rings is 1. The van der Waals surface area contributed by atoms with E-state index in [1.165, 1.54) is 4.31 Å². The molecule has 0 amide bonds. The molecule has 20 heavy (non-hydrogen) atoms. The van der Waals surface area contributed by atoms with E-state index in [4.69, 9.17) is 0 Å². The molecule has 0 radical (unpaired) electrons. The molecule has 10 heteroatoms. The second kappa shape index (κ2) is 5.49. The molecule has 0 bridgehead atoms. The molecule has 1 fully saturated rings. The molecule has 0 atom stereocenters. The van der Waals surface area contributed by atoms with Crippen LogP contribution in [0.15, 0.2) is 5.38 Å². The van der Waals surface area contributed by atoms with Gasteiger partial charge in [-0.1, -0.05) is 0 Å². The van der Waals surface area contributed by atoms with E-state index in [1.54, 1.807) is 4.90 Å². The second-order valence-corrected chi connectivity index (χ2v) is 7.33. The van der Waals surface area contributed by atoms with Gasteiger partial charge in [-0.15, -0.1) is 11.3 Å². The third-order valence-electron chi connectivity index (χ3n) is 2.98. The number of alkyl halides is 3. The van der Waals surface area contributed by atoms with Crippen molar-refractivity contribution in [2.75, 3.05) is 37.3 Å². The van der Waals surface area contributed by atoms with E-state index in [0.717, 1.165) is 23.0 Å². The summed E-state index contributed by atoms with van der Waals surface area (Å²) < 4.78 is 61.8. The molecule has 2 rings (SSSR count). The minimum absolute atomic E-state index is 0.264. The standard InChI is InChI=1S/C10H14F3N3O2S2/c1-20(17,18)16-4-2-3-15(5-6-16)9-14-8(7-19-9)10(11,12)13/h7H,2-6H2,1H3. The molecule has 5 nitrogen and oxygen atoms in total. The van der Waals surface area contributed by atoms with Gasteiger partial charge in [0.25, 0.3) is 0 Å². The van der Waals surface area contributed by atoms with Crippen LogP contribution in [0.1, 0.15) is 12.1 Å². The van der Waals surface area contributed by atoms with Crippen molar-refractivity contribution in [3.63, 3.8) is 0 Å². The number of aromatic nitrogens is 1. The third kappa shape index (κ3) is 3.61. The molecule has 1 aromatic heterocycles. The van der Waals surface area contributed by atoms with Gasteiger partial charge in [0.05, 0.1) is 6.26 Å². The van der Waals surface area contributed by atoms with Crippen LogP contribution in [-0.2, 0) is 16.2 Å². The average Bonchev–Trinajstić information content (AvgIpc) is 2.66. The van der Waals surface area contributed by atoms with E-state index < -0.39 is 21.9 Å². The summed E-state index contributed by atoms with van der Waals surface area (Å²) in [4.78, 5) is 5.29. The van der Waals surface area contributed by atoms with E-state index >= 15 is 0 Å². The van der Waals surface area contributed by atoms with Crippen molar-refractivity contribution in [2.45, 2.75) is 12.6 Å². The topological polar surface area (TPSA) is 53.5 Å². The van der Waals surface area contributed by atoms with Crippen molar-refractivity contribution >= 4 is 26.5 Å². The lowest BCUT2D eigenvalue weighted by atomic mass is 10.4. The van der Waals surface area contributed by atoms with E-state index in [-0.39, 0.29) is 11.7 Å². The largest absolute Gasteiger partial charge is 0.434 e. The Kier molecular flexibility index (Phi) is 4.26. The summed E-state index contributed by atoms with van der Waals surface area (Å²) in [6.45, 7) is 1.49. The number of sulfonamides is 1. The summed E-state index contributed by atoms with van der Waals surface area (Å²) in [5.41, 5.74) is -0.901. The van der Waals surface area contributed by atoms with Gasteiger partial charge in [0.15, 0.2) is 10.8 Å². The third-order valence-corrected chi connectivity index (χ3v) is 5.18. The molecule has 1 aliphatic rings. The highest BCUT2D eigenvalue weighted by Crippen LogP contribution is 2.33. The Labute approximate surface area is 119 Å². The maximum atomic E-state index is 12.5. The Bertz CT molecular complexity index is 571. The average molecular weight is 329 g/mol. The molecule has 1 aromatic rings. The van der Waals surface area contributed by atoms with Crippen LogP contribution in [0, 0.1) is 0 Å². The van der Waals surface area contributed by atoms with Crippen LogP contribution in [0.4, 0.5) is 18.3 Å². The number of hydrogen-bond donors (Lipinski definition) is 0. The fraction of sp³-hybridized carbons (Fsp3) is 0.700. The highest BCUT2D eigenvalue weighted by Gasteiger charge is 2.34. The van der Waals surface area contributed by atoms with E-state index in [1.807, 2.05) is 0 Å². The number of halogens is 3. The predicted octanol–water partition coefficient (Wildman–Crippen LogP) is 1.63. The smallest absolute Gasteiger partial charge is 0.347 e. The fourth-order valence-electron chi connectivity index (χ4n) is 1.96. The highest BCUT2D eigenvalue weighted by atomic mass is 32.2. The molecular formula is C10H14F3N3O2S2. The first-order valence-corrected chi connectivity index (χ1v) is 8.63. The summed E-state index contributed by atoms with van der Waals surface area (Å²) in [7, 11) is -3.26. The zero-order chi connectivity index (χ0) is 15.0. The van der Waals surface area contributed by atoms with Crippen molar-refractivity contribution in [3.05, 3.63) is 11.1 Å². The molecule has 0 unspecified atom stereocenters. The normalized spacial score (nSPS) is 19.1. The molecule has 0 saturated carbocycles. The minimum atomic E-state index is -4.45. The summed E-state index contributed by atoms with van der Waals surface area (Å²) in [5.74, 6) is 0. The molecule has 1 aliphatic heterocycles. The van der Waals surface area contributed by atoms with Crippen LogP contribution in [0.5, 0.6) is 0 Å². The van der Waals surface area contributed by atoms with Crippen LogP contribution in [-0.4, -0.2) is 50.1 Å². The number of rotatable bonds is 2. The van der Waals surface area contributed by atoms with Crippen molar-refractivity contribution in [1.29, 1.82) is 0 Å². The van der Waals surface area contributed by atoms with Crippen LogP contribution < -0.4 is 4.90 Å². The van der Waals surface area contributed by atoms with Crippen LogP contribution in [0.25, 0.3) is 0 Å². The van der Waals surface area contributed by atoms with Gasteiger partial charge < -0.3 is 4.90 Å².